The van der Waals surface area contributed by atoms with E-state index in [0.29, 0.717) is 0 Å². The summed E-state index contributed by atoms with van der Waals surface area (Å²) in [6.07, 6.45) is 2.90. The molecule has 0 aliphatic rings. The Hall–Kier alpha value is 0.870. The van der Waals surface area contributed by atoms with E-state index in [4.69, 9.17) is 0 Å². The first-order valence-corrected chi connectivity index (χ1v) is 5.46. The molecule has 0 saturated heterocycles. The van der Waals surface area contributed by atoms with E-state index >= 15 is 0 Å². The molecule has 1 heteroatoms. The van der Waals surface area contributed by atoms with Gasteiger partial charge in [-0.05, 0) is 0 Å². The van der Waals surface area contributed by atoms with E-state index in [1.54, 1.807) is 0 Å². The second kappa shape index (κ2) is 5.02. The Balaban J connectivity index is 2.68. The van der Waals surface area contributed by atoms with Gasteiger partial charge in [0.15, 0.2) is 0 Å². The van der Waals surface area contributed by atoms with Crippen LogP contribution < -0.4 is 0 Å². The maximum atomic E-state index is 2.29. The van der Waals surface area contributed by atoms with E-state index in [9.17, 15) is 0 Å². The van der Waals surface area contributed by atoms with Crippen LogP contribution in [0.15, 0.2) is 0 Å². The minimum atomic E-state index is 0.925. The van der Waals surface area contributed by atoms with Gasteiger partial charge < -0.3 is 0 Å². The molecule has 0 aliphatic carbocycles. The molecule has 0 atom stereocenters. The third-order valence-electron chi connectivity index (χ3n) is 0.958. The van der Waals surface area contributed by atoms with Crippen LogP contribution in [0.25, 0.3) is 0 Å². The van der Waals surface area contributed by atoms with Crippen LogP contribution >= 0.6 is 0 Å². The first-order valence-electron chi connectivity index (χ1n) is 2.92. The van der Waals surface area contributed by atoms with Crippen molar-refractivity contribution in [2.75, 3.05) is 0 Å². The Bertz CT molecular complexity index is 33.2. The zero-order chi connectivity index (χ0) is 5.70. The Morgan fingerprint density at radius 3 is 2.14 bits per heavy atom. The molecule has 7 heavy (non-hydrogen) atoms. The van der Waals surface area contributed by atoms with Gasteiger partial charge in [0, 0.05) is 0 Å². The normalized spacial score (nSPS) is 10.0. The van der Waals surface area contributed by atoms with Gasteiger partial charge in [0.1, 0.15) is 0 Å². The fourth-order valence-corrected chi connectivity index (χ4v) is 1.24. The molecule has 0 aromatic carbocycles. The fraction of sp³-hybridized carbons (Fsp3) is 1.00. The molecule has 0 N–H and O–H groups in total. The van der Waals surface area contributed by atoms with E-state index < -0.39 is 0 Å². The Morgan fingerprint density at radius 2 is 2.00 bits per heavy atom. The molecule has 0 heterocycles. The van der Waals surface area contributed by atoms with Gasteiger partial charge >= 0.3 is 61.2 Å². The summed E-state index contributed by atoms with van der Waals surface area (Å²) in [5.41, 5.74) is 0. The standard InChI is InChI=1S/C6H13.Hf/c1-4-5-6(2)3;/h6H,1,4-5H2,2-3H3;. The van der Waals surface area contributed by atoms with Crippen LogP contribution in [0.5, 0.6) is 0 Å². The molecule has 0 rings (SSSR count). The summed E-state index contributed by atoms with van der Waals surface area (Å²) in [6.45, 7) is 4.58. The molecule has 0 unspecified atom stereocenters. The topological polar surface area (TPSA) is 0 Å². The van der Waals surface area contributed by atoms with Crippen molar-refractivity contribution in [3.8, 4) is 0 Å². The zero-order valence-electron chi connectivity index (χ0n) is 5.20. The van der Waals surface area contributed by atoms with Crippen molar-refractivity contribution in [1.29, 1.82) is 0 Å². The molecule has 0 aromatic heterocycles. The first kappa shape index (κ1) is 7.87. The van der Waals surface area contributed by atoms with E-state index in [0.717, 1.165) is 5.92 Å². The monoisotopic (exact) mass is 265 g/mol. The van der Waals surface area contributed by atoms with E-state index in [1.807, 2.05) is 0 Å². The summed E-state index contributed by atoms with van der Waals surface area (Å²) in [5.74, 6) is 0.925. The molecule has 0 amide bonds. The van der Waals surface area contributed by atoms with Crippen LogP contribution in [0.2, 0.25) is 4.18 Å². The van der Waals surface area contributed by atoms with Crippen LogP contribution in [0, 0.1) is 5.92 Å². The van der Waals surface area contributed by atoms with Crippen molar-refractivity contribution < 1.29 is 24.4 Å². The average Bonchev–Trinajstić information content (AvgIpc) is 1.61. The van der Waals surface area contributed by atoms with Crippen molar-refractivity contribution in [3.05, 3.63) is 0 Å². The summed E-state index contributed by atoms with van der Waals surface area (Å²) in [6, 6.07) is 0. The zero-order valence-corrected chi connectivity index (χ0v) is 8.79. The predicted molar refractivity (Wildman–Crippen MR) is 28.9 cm³/mol. The SMILES string of the molecule is CC(C)CC[CH2][Hf]. The van der Waals surface area contributed by atoms with Gasteiger partial charge in [0.25, 0.3) is 0 Å². The van der Waals surface area contributed by atoms with Crippen molar-refractivity contribution in [2.45, 2.75) is 30.9 Å². The number of rotatable bonds is 3. The second-order valence-corrected chi connectivity index (χ2v) is 4.08. The fourth-order valence-electron chi connectivity index (χ4n) is 0.510. The third kappa shape index (κ3) is 6.87. The van der Waals surface area contributed by atoms with Crippen LogP contribution in [-0.4, -0.2) is 0 Å². The van der Waals surface area contributed by atoms with Gasteiger partial charge in [-0.3, -0.25) is 0 Å². The molecule has 0 aromatic rings. The van der Waals surface area contributed by atoms with Crippen LogP contribution in [-0.2, 0) is 24.4 Å². The molecule has 0 fully saturated rings. The van der Waals surface area contributed by atoms with Gasteiger partial charge in [0.2, 0.25) is 0 Å². The summed E-state index contributed by atoms with van der Waals surface area (Å²) in [5, 5.41) is 0. The Labute approximate surface area is 61.3 Å². The van der Waals surface area contributed by atoms with Crippen LogP contribution in [0.3, 0.4) is 0 Å². The van der Waals surface area contributed by atoms with E-state index in [2.05, 4.69) is 13.8 Å². The molecule has 0 radical (unpaired) electrons. The number of hydrogen-bond donors (Lipinski definition) is 0. The van der Waals surface area contributed by atoms with Gasteiger partial charge in [-0.2, -0.15) is 0 Å². The summed E-state index contributed by atoms with van der Waals surface area (Å²) in [4.78, 5) is 0. The van der Waals surface area contributed by atoms with Crippen molar-refractivity contribution in [1.82, 2.24) is 0 Å². The van der Waals surface area contributed by atoms with Crippen molar-refractivity contribution in [3.63, 3.8) is 0 Å². The molecule has 0 nitrogen and oxygen atoms in total. The average molecular weight is 264 g/mol. The molecule has 0 saturated carbocycles. The predicted octanol–water partition coefficient (Wildman–Crippen LogP) is 2.39. The van der Waals surface area contributed by atoms with Gasteiger partial charge in [0.05, 0.1) is 0 Å². The third-order valence-corrected chi connectivity index (χ3v) is 2.23. The van der Waals surface area contributed by atoms with Crippen LogP contribution in [0.1, 0.15) is 26.7 Å². The summed E-state index contributed by atoms with van der Waals surface area (Å²) in [7, 11) is 0. The summed E-state index contributed by atoms with van der Waals surface area (Å²) >= 11 is 1.39. The molecule has 0 spiro atoms. The summed E-state index contributed by atoms with van der Waals surface area (Å²) < 4.78 is 1.48. The van der Waals surface area contributed by atoms with Gasteiger partial charge in [-0.15, -0.1) is 0 Å². The quantitative estimate of drug-likeness (QED) is 0.686. The van der Waals surface area contributed by atoms with Gasteiger partial charge in [-0.25, -0.2) is 0 Å². The number of hydrogen-bond acceptors (Lipinski definition) is 0. The van der Waals surface area contributed by atoms with Crippen molar-refractivity contribution >= 4 is 0 Å². The van der Waals surface area contributed by atoms with E-state index in [1.165, 1.54) is 41.4 Å². The van der Waals surface area contributed by atoms with E-state index in [-0.39, 0.29) is 0 Å². The van der Waals surface area contributed by atoms with Crippen molar-refractivity contribution in [2.24, 2.45) is 5.92 Å². The minimum absolute atomic E-state index is 0.925. The molecule has 0 aliphatic heterocycles. The Morgan fingerprint density at radius 1 is 1.43 bits per heavy atom. The first-order chi connectivity index (χ1) is 3.27. The second-order valence-electron chi connectivity index (χ2n) is 2.29. The molecular weight excluding hydrogens is 251 g/mol. The molecule has 41 valence electrons. The Kier molecular flexibility index (Phi) is 5.64. The van der Waals surface area contributed by atoms with Crippen LogP contribution in [0.4, 0.5) is 0 Å². The molecule has 0 bridgehead atoms. The maximum absolute atomic E-state index is 2.29. The van der Waals surface area contributed by atoms with Gasteiger partial charge in [-0.1, -0.05) is 0 Å². The molecular formula is C6H13Hf.